The highest BCUT2D eigenvalue weighted by Gasteiger charge is 2.43. The Morgan fingerprint density at radius 2 is 1.45 bits per heavy atom. The van der Waals surface area contributed by atoms with Gasteiger partial charge in [-0.2, -0.15) is 0 Å². The van der Waals surface area contributed by atoms with Crippen LogP contribution in [-0.2, 0) is 7.05 Å². The molecule has 4 aromatic carbocycles. The van der Waals surface area contributed by atoms with Gasteiger partial charge in [-0.1, -0.05) is 46.3 Å². The Morgan fingerprint density at radius 3 is 2.11 bits per heavy atom. The predicted octanol–water partition coefficient (Wildman–Crippen LogP) is 6.16. The topological polar surface area (TPSA) is 106 Å². The molecule has 5 aromatic rings. The van der Waals surface area contributed by atoms with Gasteiger partial charge in [0.15, 0.2) is 11.6 Å². The number of rotatable bonds is 3. The fourth-order valence-corrected chi connectivity index (χ4v) is 6.88. The number of aromatic nitrogens is 2. The van der Waals surface area contributed by atoms with Gasteiger partial charge >= 0.3 is 0 Å². The van der Waals surface area contributed by atoms with Crippen LogP contribution in [0.15, 0.2) is 94.2 Å². The lowest BCUT2D eigenvalue weighted by molar-refractivity contribution is 0.0840. The van der Waals surface area contributed by atoms with Crippen LogP contribution in [-0.4, -0.2) is 32.9 Å². The summed E-state index contributed by atoms with van der Waals surface area (Å²) in [6.45, 7) is 0. The summed E-state index contributed by atoms with van der Waals surface area (Å²) < 4.78 is 1.94. The van der Waals surface area contributed by atoms with Crippen LogP contribution < -0.4 is 10.5 Å². The van der Waals surface area contributed by atoms with Crippen LogP contribution in [0.4, 0.5) is 5.69 Å². The van der Waals surface area contributed by atoms with Crippen molar-refractivity contribution in [2.24, 2.45) is 7.05 Å². The summed E-state index contributed by atoms with van der Waals surface area (Å²) in [4.78, 5) is 74.9. The standard InChI is InChI=1S/C35H20BrN3O5/c1-38-32(37-26-14-9-19(36)16-25(26)33(38)42)29-30(40)21-10-12-23-28-24(13-11-22(27(21)28)31(29)41)35(44)39(34(23)43)20-8-4-7-18(15-20)17-5-2-3-6-17/h2-5,7-16,29H,6H2,1H3. The minimum absolute atomic E-state index is 0.0321. The molecule has 3 aliphatic rings. The van der Waals surface area contributed by atoms with Gasteiger partial charge in [-0.25, -0.2) is 9.88 Å². The maximum Gasteiger partial charge on any atom is 0.265 e. The lowest BCUT2D eigenvalue weighted by atomic mass is 9.76. The molecular formula is C35H20BrN3O5. The summed E-state index contributed by atoms with van der Waals surface area (Å²) in [5.41, 5.74) is 3.27. The maximum atomic E-state index is 14.0. The molecule has 2 aliphatic carbocycles. The first kappa shape index (κ1) is 26.4. The number of nitrogens with zero attached hydrogens (tertiary/aromatic N) is 3. The van der Waals surface area contributed by atoms with Gasteiger partial charge in [0, 0.05) is 44.5 Å². The number of fused-ring (bicyclic) bond motifs is 1. The normalized spacial score (nSPS) is 16.0. The fourth-order valence-electron chi connectivity index (χ4n) is 6.52. The number of imide groups is 1. The molecule has 0 saturated carbocycles. The summed E-state index contributed by atoms with van der Waals surface area (Å²) in [6.07, 6.45) is 6.78. The number of carbonyl (C=O) groups is 4. The molecule has 0 fully saturated rings. The van der Waals surface area contributed by atoms with Crippen LogP contribution >= 0.6 is 15.9 Å². The van der Waals surface area contributed by atoms with Crippen LogP contribution in [0.1, 0.15) is 65.2 Å². The van der Waals surface area contributed by atoms with Crippen molar-refractivity contribution in [3.8, 4) is 0 Å². The molecule has 0 N–H and O–H groups in total. The highest BCUT2D eigenvalue weighted by atomic mass is 79.9. The van der Waals surface area contributed by atoms with Crippen LogP contribution in [0.3, 0.4) is 0 Å². The molecule has 0 unspecified atom stereocenters. The van der Waals surface area contributed by atoms with Crippen molar-refractivity contribution in [3.63, 3.8) is 0 Å². The van der Waals surface area contributed by atoms with Gasteiger partial charge in [0.1, 0.15) is 11.7 Å². The smallest absolute Gasteiger partial charge is 0.265 e. The maximum absolute atomic E-state index is 14.0. The number of ketones is 2. The third-order valence-corrected chi connectivity index (χ3v) is 9.15. The number of allylic oxidation sites excluding steroid dienone is 4. The van der Waals surface area contributed by atoms with Crippen molar-refractivity contribution < 1.29 is 19.2 Å². The molecule has 0 atom stereocenters. The van der Waals surface area contributed by atoms with E-state index in [4.69, 9.17) is 0 Å². The summed E-state index contributed by atoms with van der Waals surface area (Å²) in [5, 5.41) is 0.915. The second-order valence-corrected chi connectivity index (χ2v) is 12.0. The van der Waals surface area contributed by atoms with Crippen molar-refractivity contribution in [1.82, 2.24) is 9.55 Å². The number of amides is 2. The van der Waals surface area contributed by atoms with Crippen LogP contribution in [0.25, 0.3) is 27.2 Å². The molecule has 0 bridgehead atoms. The Labute approximate surface area is 258 Å². The SMILES string of the molecule is Cn1c(C2C(=O)c3ccc4c5c(ccc(c35)C2=O)C(=O)N(c2cccc(C3=CC=CC3)c2)C4=O)nc2ccc(Br)cc2c1=O. The molecule has 2 amide bonds. The van der Waals surface area contributed by atoms with Crippen LogP contribution in [0, 0.1) is 0 Å². The lowest BCUT2D eigenvalue weighted by Gasteiger charge is -2.31. The van der Waals surface area contributed by atoms with Gasteiger partial charge in [-0.15, -0.1) is 0 Å². The third kappa shape index (κ3) is 3.56. The van der Waals surface area contributed by atoms with E-state index in [2.05, 4.69) is 20.9 Å². The lowest BCUT2D eigenvalue weighted by Crippen LogP contribution is -2.41. The van der Waals surface area contributed by atoms with E-state index in [9.17, 15) is 24.0 Å². The number of carbonyl (C=O) groups excluding carboxylic acids is 4. The van der Waals surface area contributed by atoms with E-state index >= 15 is 0 Å². The highest BCUT2D eigenvalue weighted by molar-refractivity contribution is 9.10. The highest BCUT2D eigenvalue weighted by Crippen LogP contribution is 2.42. The Kier molecular flexibility index (Phi) is 5.61. The average molecular weight is 642 g/mol. The zero-order valence-electron chi connectivity index (χ0n) is 23.1. The quantitative estimate of drug-likeness (QED) is 0.173. The van der Waals surface area contributed by atoms with E-state index in [0.29, 0.717) is 21.1 Å². The second kappa shape index (κ2) is 9.36. The molecule has 8 rings (SSSR count). The predicted molar refractivity (Wildman–Crippen MR) is 169 cm³/mol. The molecule has 0 saturated heterocycles. The van der Waals surface area contributed by atoms with E-state index in [0.717, 1.165) is 22.5 Å². The Morgan fingerprint density at radius 1 is 0.795 bits per heavy atom. The average Bonchev–Trinajstić information content (AvgIpc) is 3.57. The number of anilines is 1. The molecule has 1 aromatic heterocycles. The largest absolute Gasteiger partial charge is 0.298 e. The number of hydrogen-bond acceptors (Lipinski definition) is 6. The molecule has 212 valence electrons. The zero-order valence-corrected chi connectivity index (χ0v) is 24.7. The molecule has 0 radical (unpaired) electrons. The molecular weight excluding hydrogens is 622 g/mol. The Hall–Kier alpha value is -5.28. The minimum Gasteiger partial charge on any atom is -0.298 e. The number of hydrogen-bond donors (Lipinski definition) is 0. The first-order valence-electron chi connectivity index (χ1n) is 13.9. The monoisotopic (exact) mass is 641 g/mol. The van der Waals surface area contributed by atoms with E-state index in [-0.39, 0.29) is 44.4 Å². The van der Waals surface area contributed by atoms with E-state index in [1.54, 1.807) is 24.3 Å². The van der Waals surface area contributed by atoms with Gasteiger partial charge in [0.2, 0.25) is 0 Å². The summed E-state index contributed by atoms with van der Waals surface area (Å²) in [7, 11) is 1.49. The van der Waals surface area contributed by atoms with Gasteiger partial charge in [0.05, 0.1) is 16.6 Å². The van der Waals surface area contributed by atoms with Crippen molar-refractivity contribution in [2.75, 3.05) is 4.90 Å². The second-order valence-electron chi connectivity index (χ2n) is 11.0. The van der Waals surface area contributed by atoms with Gasteiger partial charge in [0.25, 0.3) is 17.4 Å². The van der Waals surface area contributed by atoms with Crippen LogP contribution in [0.2, 0.25) is 0 Å². The first-order chi connectivity index (χ1) is 21.2. The van der Waals surface area contributed by atoms with Gasteiger partial charge in [-0.3, -0.25) is 28.5 Å². The third-order valence-electron chi connectivity index (χ3n) is 8.66. The van der Waals surface area contributed by atoms with Crippen molar-refractivity contribution in [3.05, 3.63) is 133 Å². The van der Waals surface area contributed by atoms with E-state index in [1.807, 2.05) is 36.4 Å². The molecule has 44 heavy (non-hydrogen) atoms. The molecule has 9 heteroatoms. The van der Waals surface area contributed by atoms with Crippen molar-refractivity contribution in [2.45, 2.75) is 12.3 Å². The first-order valence-corrected chi connectivity index (χ1v) is 14.7. The Bertz CT molecular complexity index is 2280. The van der Waals surface area contributed by atoms with Crippen LogP contribution in [0.5, 0.6) is 0 Å². The van der Waals surface area contributed by atoms with E-state index in [1.165, 1.54) is 35.9 Å². The number of halogens is 1. The molecule has 2 heterocycles. The Balaban J connectivity index is 1.26. The summed E-state index contributed by atoms with van der Waals surface area (Å²) in [6, 6.07) is 18.4. The summed E-state index contributed by atoms with van der Waals surface area (Å²) >= 11 is 3.36. The summed E-state index contributed by atoms with van der Waals surface area (Å²) in [5.74, 6) is -3.48. The molecule has 1 aliphatic heterocycles. The fraction of sp³-hybridized carbons (Fsp3) is 0.0857. The molecule has 0 spiro atoms. The minimum atomic E-state index is -1.36. The van der Waals surface area contributed by atoms with E-state index < -0.39 is 29.3 Å². The molecule has 8 nitrogen and oxygen atoms in total. The van der Waals surface area contributed by atoms with Gasteiger partial charge in [-0.05, 0) is 72.2 Å². The number of Topliss-reactive ketones (excluding diaryl/α,β-unsaturated/α-hetero) is 2. The zero-order chi connectivity index (χ0) is 30.4. The van der Waals surface area contributed by atoms with Gasteiger partial charge < -0.3 is 0 Å². The van der Waals surface area contributed by atoms with Crippen molar-refractivity contribution >= 4 is 72.2 Å². The van der Waals surface area contributed by atoms with Crippen molar-refractivity contribution in [1.29, 1.82) is 0 Å². The number of benzene rings is 4.